The van der Waals surface area contributed by atoms with E-state index in [0.717, 1.165) is 45.2 Å². The summed E-state index contributed by atoms with van der Waals surface area (Å²) >= 11 is 0. The molecule has 3 rings (SSSR count). The Labute approximate surface area is 177 Å². The number of likely N-dealkylation sites (tertiary alicyclic amines) is 1. The molecule has 0 bridgehead atoms. The van der Waals surface area contributed by atoms with Crippen molar-refractivity contribution in [3.8, 4) is 0 Å². The van der Waals surface area contributed by atoms with E-state index in [1.165, 1.54) is 32.1 Å². The van der Waals surface area contributed by atoms with E-state index in [1.807, 2.05) is 4.90 Å². The number of nitrogens with zero attached hydrogens (tertiary/aromatic N) is 1. The van der Waals surface area contributed by atoms with Crippen molar-refractivity contribution in [1.82, 2.24) is 10.2 Å². The summed E-state index contributed by atoms with van der Waals surface area (Å²) in [6.45, 7) is 5.89. The Bertz CT molecular complexity index is 526. The molecule has 3 N–H and O–H groups in total. The maximum absolute atomic E-state index is 12.9. The van der Waals surface area contributed by atoms with Crippen LogP contribution >= 0.6 is 12.4 Å². The highest BCUT2D eigenvalue weighted by Gasteiger charge is 2.38. The third kappa shape index (κ3) is 6.09. The van der Waals surface area contributed by atoms with Gasteiger partial charge in [0.25, 0.3) is 0 Å². The van der Waals surface area contributed by atoms with Crippen molar-refractivity contribution in [3.63, 3.8) is 0 Å². The van der Waals surface area contributed by atoms with Crippen molar-refractivity contribution in [2.75, 3.05) is 13.1 Å². The zero-order valence-electron chi connectivity index (χ0n) is 17.8. The summed E-state index contributed by atoms with van der Waals surface area (Å²) < 4.78 is 0. The zero-order chi connectivity index (χ0) is 19.4. The van der Waals surface area contributed by atoms with Crippen molar-refractivity contribution >= 4 is 24.2 Å². The van der Waals surface area contributed by atoms with Crippen LogP contribution in [0, 0.1) is 17.3 Å². The van der Waals surface area contributed by atoms with Gasteiger partial charge in [0.1, 0.15) is 0 Å². The number of halogens is 1. The highest BCUT2D eigenvalue weighted by molar-refractivity contribution is 5.85. The van der Waals surface area contributed by atoms with Crippen LogP contribution in [0.25, 0.3) is 0 Å². The molecular weight excluding hydrogens is 374 g/mol. The lowest BCUT2D eigenvalue weighted by atomic mass is 9.78. The molecule has 1 unspecified atom stereocenters. The van der Waals surface area contributed by atoms with Crippen LogP contribution in [0.4, 0.5) is 0 Å². The number of piperidine rings is 1. The summed E-state index contributed by atoms with van der Waals surface area (Å²) in [5.74, 6) is 1.25. The molecule has 5 nitrogen and oxygen atoms in total. The SMILES string of the molecule is CC1(C)CN(C(=O)C2CCC(NC(=O)CC3CCCCC3)CC2)CCC1N.Cl. The molecule has 162 valence electrons. The fourth-order valence-electron chi connectivity index (χ4n) is 5.24. The van der Waals surface area contributed by atoms with Gasteiger partial charge in [-0.2, -0.15) is 0 Å². The Balaban J connectivity index is 0.00000280. The molecule has 1 aliphatic heterocycles. The molecule has 3 fully saturated rings. The van der Waals surface area contributed by atoms with Crippen molar-refractivity contribution in [2.24, 2.45) is 23.0 Å². The minimum atomic E-state index is -0.00178. The lowest BCUT2D eigenvalue weighted by molar-refractivity contribution is -0.140. The van der Waals surface area contributed by atoms with Crippen LogP contribution in [0.5, 0.6) is 0 Å². The van der Waals surface area contributed by atoms with E-state index < -0.39 is 0 Å². The zero-order valence-corrected chi connectivity index (χ0v) is 18.6. The van der Waals surface area contributed by atoms with Gasteiger partial charge in [-0.25, -0.2) is 0 Å². The van der Waals surface area contributed by atoms with Gasteiger partial charge in [-0.3, -0.25) is 9.59 Å². The van der Waals surface area contributed by atoms with E-state index in [4.69, 9.17) is 5.73 Å². The fourth-order valence-corrected chi connectivity index (χ4v) is 5.24. The molecule has 0 aromatic carbocycles. The van der Waals surface area contributed by atoms with Crippen LogP contribution in [-0.4, -0.2) is 41.9 Å². The lowest BCUT2D eigenvalue weighted by Crippen LogP contribution is -2.55. The molecule has 0 aromatic rings. The molecule has 6 heteroatoms. The molecule has 0 radical (unpaired) electrons. The van der Waals surface area contributed by atoms with Crippen molar-refractivity contribution < 1.29 is 9.59 Å². The monoisotopic (exact) mass is 413 g/mol. The van der Waals surface area contributed by atoms with E-state index in [9.17, 15) is 9.59 Å². The molecule has 0 aromatic heterocycles. The summed E-state index contributed by atoms with van der Waals surface area (Å²) in [5.41, 5.74) is 6.20. The average molecular weight is 414 g/mol. The Morgan fingerprint density at radius 2 is 1.64 bits per heavy atom. The van der Waals surface area contributed by atoms with Gasteiger partial charge in [-0.05, 0) is 56.3 Å². The number of hydrogen-bond acceptors (Lipinski definition) is 3. The van der Waals surface area contributed by atoms with Gasteiger partial charge < -0.3 is 16.0 Å². The third-order valence-corrected chi connectivity index (χ3v) is 7.26. The molecule has 28 heavy (non-hydrogen) atoms. The molecule has 3 aliphatic rings. The summed E-state index contributed by atoms with van der Waals surface area (Å²) in [4.78, 5) is 27.3. The number of rotatable bonds is 4. The first-order valence-corrected chi connectivity index (χ1v) is 11.2. The number of hydrogen-bond donors (Lipinski definition) is 2. The predicted molar refractivity (Wildman–Crippen MR) is 115 cm³/mol. The van der Waals surface area contributed by atoms with Crippen LogP contribution in [0.1, 0.15) is 84.5 Å². The maximum Gasteiger partial charge on any atom is 0.225 e. The van der Waals surface area contributed by atoms with Crippen LogP contribution in [-0.2, 0) is 9.59 Å². The van der Waals surface area contributed by atoms with E-state index in [1.54, 1.807) is 0 Å². The molecule has 1 atom stereocenters. The smallest absolute Gasteiger partial charge is 0.225 e. The van der Waals surface area contributed by atoms with Gasteiger partial charge in [-0.1, -0.05) is 33.1 Å². The number of nitrogens with two attached hydrogens (primary N) is 1. The van der Waals surface area contributed by atoms with Crippen LogP contribution in [0.3, 0.4) is 0 Å². The van der Waals surface area contributed by atoms with E-state index in [2.05, 4.69) is 19.2 Å². The van der Waals surface area contributed by atoms with Crippen LogP contribution < -0.4 is 11.1 Å². The largest absolute Gasteiger partial charge is 0.353 e. The maximum atomic E-state index is 12.9. The Morgan fingerprint density at radius 1 is 1.00 bits per heavy atom. The first kappa shape index (κ1) is 23.5. The number of carbonyl (C=O) groups is 2. The Hall–Kier alpha value is -0.810. The van der Waals surface area contributed by atoms with Gasteiger partial charge in [0.2, 0.25) is 11.8 Å². The van der Waals surface area contributed by atoms with Crippen LogP contribution in [0.15, 0.2) is 0 Å². The topological polar surface area (TPSA) is 75.4 Å². The normalized spacial score (nSPS) is 31.0. The molecular formula is C22H40ClN3O2. The molecule has 1 heterocycles. The predicted octanol–water partition coefficient (Wildman–Crippen LogP) is 3.64. The van der Waals surface area contributed by atoms with Crippen molar-refractivity contribution in [1.29, 1.82) is 0 Å². The quantitative estimate of drug-likeness (QED) is 0.738. The van der Waals surface area contributed by atoms with Gasteiger partial charge >= 0.3 is 0 Å². The molecule has 2 saturated carbocycles. The van der Waals surface area contributed by atoms with Gasteiger partial charge in [0.05, 0.1) is 0 Å². The van der Waals surface area contributed by atoms with Gasteiger partial charge in [0.15, 0.2) is 0 Å². The number of amides is 2. The Kier molecular flexibility index (Phi) is 8.62. The standard InChI is InChI=1S/C22H39N3O2.ClH/c1-22(2)15-25(13-12-19(22)23)21(27)17-8-10-18(11-9-17)24-20(26)14-16-6-4-3-5-7-16;/h16-19H,3-15,23H2,1-2H3,(H,24,26);1H. The van der Waals surface area contributed by atoms with Gasteiger partial charge in [0, 0.05) is 37.5 Å². The van der Waals surface area contributed by atoms with Crippen molar-refractivity contribution in [2.45, 2.75) is 96.6 Å². The lowest BCUT2D eigenvalue weighted by Gasteiger charge is -2.44. The first-order valence-electron chi connectivity index (χ1n) is 11.2. The molecule has 2 amide bonds. The Morgan fingerprint density at radius 3 is 2.25 bits per heavy atom. The minimum Gasteiger partial charge on any atom is -0.353 e. The number of nitrogens with one attached hydrogen (secondary N) is 1. The second kappa shape index (κ2) is 10.3. The molecule has 2 aliphatic carbocycles. The third-order valence-electron chi connectivity index (χ3n) is 7.26. The van der Waals surface area contributed by atoms with Crippen LogP contribution in [0.2, 0.25) is 0 Å². The minimum absolute atomic E-state index is 0. The fraction of sp³-hybridized carbons (Fsp3) is 0.909. The summed E-state index contributed by atoms with van der Waals surface area (Å²) in [5, 5.41) is 3.24. The second-order valence-electron chi connectivity index (χ2n) is 9.97. The molecule has 1 saturated heterocycles. The van der Waals surface area contributed by atoms with E-state index >= 15 is 0 Å². The summed E-state index contributed by atoms with van der Waals surface area (Å²) in [6.07, 6.45) is 11.6. The molecule has 0 spiro atoms. The van der Waals surface area contributed by atoms with Crippen molar-refractivity contribution in [3.05, 3.63) is 0 Å². The number of carbonyl (C=O) groups excluding carboxylic acids is 2. The second-order valence-corrected chi connectivity index (χ2v) is 9.97. The average Bonchev–Trinajstić information content (AvgIpc) is 2.64. The van der Waals surface area contributed by atoms with E-state index in [-0.39, 0.29) is 41.7 Å². The highest BCUT2D eigenvalue weighted by Crippen LogP contribution is 2.32. The summed E-state index contributed by atoms with van der Waals surface area (Å²) in [6, 6.07) is 0.438. The first-order chi connectivity index (χ1) is 12.8. The van der Waals surface area contributed by atoms with E-state index in [0.29, 0.717) is 18.2 Å². The summed E-state index contributed by atoms with van der Waals surface area (Å²) in [7, 11) is 0. The van der Waals surface area contributed by atoms with Gasteiger partial charge in [-0.15, -0.1) is 12.4 Å². The highest BCUT2D eigenvalue weighted by atomic mass is 35.5.